The lowest BCUT2D eigenvalue weighted by Crippen LogP contribution is -2.68. The summed E-state index contributed by atoms with van der Waals surface area (Å²) in [6, 6.07) is 1.58. The van der Waals surface area contributed by atoms with Gasteiger partial charge < -0.3 is 20.4 Å². The van der Waals surface area contributed by atoms with Gasteiger partial charge in [-0.15, -0.1) is 0 Å². The van der Waals surface area contributed by atoms with Gasteiger partial charge in [-0.1, -0.05) is 23.9 Å². The summed E-state index contributed by atoms with van der Waals surface area (Å²) in [6.45, 7) is 2.82. The molecule has 0 saturated carbocycles. The van der Waals surface area contributed by atoms with Gasteiger partial charge in [-0.2, -0.15) is 0 Å². The summed E-state index contributed by atoms with van der Waals surface area (Å²) in [5, 5.41) is 0.658. The highest BCUT2D eigenvalue weighted by Crippen LogP contribution is 2.43. The Morgan fingerprint density at radius 2 is 1.97 bits per heavy atom. The van der Waals surface area contributed by atoms with Gasteiger partial charge in [-0.05, 0) is 31.4 Å². The maximum atomic E-state index is 13.5. The predicted octanol–water partition coefficient (Wildman–Crippen LogP) is 1.38. The topological polar surface area (TPSA) is 95.7 Å². The Kier molecular flexibility index (Phi) is 5.08. The van der Waals surface area contributed by atoms with Crippen LogP contribution in [0.5, 0.6) is 0 Å². The SMILES string of the molecule is CSc1nc(N)cc(N2C[C@H]3C[C@@H](C2)[C@H](C(=O)N2CC=CC2)N2C(=O)CCC[C@@H]32)n1. The van der Waals surface area contributed by atoms with E-state index < -0.39 is 0 Å². The van der Waals surface area contributed by atoms with E-state index in [4.69, 9.17) is 5.73 Å². The molecule has 4 aliphatic heterocycles. The number of nitrogens with two attached hydrogens (primary N) is 1. The van der Waals surface area contributed by atoms with Crippen LogP contribution in [0.4, 0.5) is 11.6 Å². The van der Waals surface area contributed by atoms with Gasteiger partial charge in [0.05, 0.1) is 0 Å². The Bertz CT molecular complexity index is 884. The first-order valence-electron chi connectivity index (χ1n) is 10.7. The van der Waals surface area contributed by atoms with Crippen LogP contribution in [0, 0.1) is 11.8 Å². The fraction of sp³-hybridized carbons (Fsp3) is 0.619. The summed E-state index contributed by atoms with van der Waals surface area (Å²) in [7, 11) is 0. The number of aromatic nitrogens is 2. The molecule has 5 rings (SSSR count). The van der Waals surface area contributed by atoms with Crippen LogP contribution < -0.4 is 10.6 Å². The molecule has 4 atom stereocenters. The fourth-order valence-electron chi connectivity index (χ4n) is 5.69. The van der Waals surface area contributed by atoms with Gasteiger partial charge in [0.15, 0.2) is 5.16 Å². The molecule has 0 aliphatic carbocycles. The number of nitrogen functional groups attached to an aromatic ring is 1. The number of carbonyl (C=O) groups excluding carboxylic acids is 2. The third kappa shape index (κ3) is 3.33. The molecule has 0 spiro atoms. The Morgan fingerprint density at radius 1 is 1.20 bits per heavy atom. The lowest BCUT2D eigenvalue weighted by molar-refractivity contribution is -0.160. The number of carbonyl (C=O) groups is 2. The summed E-state index contributed by atoms with van der Waals surface area (Å²) in [4.78, 5) is 41.5. The van der Waals surface area contributed by atoms with Crippen molar-refractivity contribution in [2.24, 2.45) is 11.8 Å². The molecule has 5 heterocycles. The summed E-state index contributed by atoms with van der Waals surface area (Å²) in [6.07, 6.45) is 9.42. The van der Waals surface area contributed by atoms with Gasteiger partial charge in [-0.3, -0.25) is 9.59 Å². The molecule has 30 heavy (non-hydrogen) atoms. The highest BCUT2D eigenvalue weighted by molar-refractivity contribution is 7.98. The van der Waals surface area contributed by atoms with Gasteiger partial charge in [0, 0.05) is 50.6 Å². The minimum atomic E-state index is -0.374. The number of hydrogen-bond acceptors (Lipinski definition) is 7. The van der Waals surface area contributed by atoms with E-state index in [1.807, 2.05) is 34.3 Å². The number of anilines is 2. The lowest BCUT2D eigenvalue weighted by atomic mass is 9.71. The molecule has 2 amide bonds. The molecule has 2 bridgehead atoms. The second kappa shape index (κ2) is 7.76. The average Bonchev–Trinajstić information content (AvgIpc) is 3.28. The van der Waals surface area contributed by atoms with Crippen LogP contribution >= 0.6 is 11.8 Å². The number of piperidine rings is 3. The normalized spacial score (nSPS) is 30.6. The minimum absolute atomic E-state index is 0.0950. The van der Waals surface area contributed by atoms with Gasteiger partial charge in [-0.25, -0.2) is 9.97 Å². The van der Waals surface area contributed by atoms with Gasteiger partial charge in [0.1, 0.15) is 17.7 Å². The molecular weight excluding hydrogens is 400 g/mol. The molecule has 3 fully saturated rings. The van der Waals surface area contributed by atoms with E-state index in [2.05, 4.69) is 14.9 Å². The zero-order valence-electron chi connectivity index (χ0n) is 17.2. The molecule has 160 valence electrons. The van der Waals surface area contributed by atoms with Crippen LogP contribution in [0.15, 0.2) is 23.4 Å². The highest BCUT2D eigenvalue weighted by Gasteiger charge is 2.52. The molecule has 9 heteroatoms. The van der Waals surface area contributed by atoms with Crippen LogP contribution in [0.3, 0.4) is 0 Å². The van der Waals surface area contributed by atoms with E-state index in [0.717, 1.165) is 31.6 Å². The van der Waals surface area contributed by atoms with Crippen molar-refractivity contribution in [3.8, 4) is 0 Å². The van der Waals surface area contributed by atoms with Crippen molar-refractivity contribution in [3.63, 3.8) is 0 Å². The second-order valence-electron chi connectivity index (χ2n) is 8.72. The monoisotopic (exact) mass is 428 g/mol. The molecule has 8 nitrogen and oxygen atoms in total. The molecule has 1 aromatic heterocycles. The largest absolute Gasteiger partial charge is 0.383 e. The predicted molar refractivity (Wildman–Crippen MR) is 116 cm³/mol. The van der Waals surface area contributed by atoms with E-state index >= 15 is 0 Å². The van der Waals surface area contributed by atoms with Crippen LogP contribution in [0.1, 0.15) is 25.7 Å². The number of fused-ring (bicyclic) bond motifs is 4. The lowest BCUT2D eigenvalue weighted by Gasteiger charge is -2.56. The summed E-state index contributed by atoms with van der Waals surface area (Å²) >= 11 is 1.47. The number of rotatable bonds is 3. The van der Waals surface area contributed by atoms with Gasteiger partial charge in [0.2, 0.25) is 11.8 Å². The third-order valence-electron chi connectivity index (χ3n) is 6.94. The van der Waals surface area contributed by atoms with E-state index in [1.165, 1.54) is 11.8 Å². The van der Waals surface area contributed by atoms with Crippen LogP contribution in [0.25, 0.3) is 0 Å². The number of hydrogen-bond donors (Lipinski definition) is 1. The van der Waals surface area contributed by atoms with Crippen molar-refractivity contribution < 1.29 is 9.59 Å². The van der Waals surface area contributed by atoms with Gasteiger partial charge in [0.25, 0.3) is 0 Å². The fourth-order valence-corrected chi connectivity index (χ4v) is 6.07. The van der Waals surface area contributed by atoms with Crippen LogP contribution in [0.2, 0.25) is 0 Å². The first kappa shape index (κ1) is 19.7. The smallest absolute Gasteiger partial charge is 0.246 e. The van der Waals surface area contributed by atoms with E-state index in [-0.39, 0.29) is 29.8 Å². The highest BCUT2D eigenvalue weighted by atomic mass is 32.2. The molecule has 0 aromatic carbocycles. The van der Waals surface area contributed by atoms with Crippen molar-refractivity contribution in [2.75, 3.05) is 43.1 Å². The maximum absolute atomic E-state index is 13.5. The molecule has 3 saturated heterocycles. The zero-order chi connectivity index (χ0) is 20.8. The maximum Gasteiger partial charge on any atom is 0.246 e. The first-order valence-corrected chi connectivity index (χ1v) is 12.0. The molecule has 1 aromatic rings. The molecular formula is C21H28N6O2S. The van der Waals surface area contributed by atoms with Gasteiger partial charge >= 0.3 is 0 Å². The number of nitrogens with zero attached hydrogens (tertiary/aromatic N) is 5. The third-order valence-corrected chi connectivity index (χ3v) is 7.49. The molecule has 2 N–H and O–H groups in total. The molecule has 4 aliphatic rings. The molecule has 0 radical (unpaired) electrons. The van der Waals surface area contributed by atoms with Crippen molar-refractivity contribution in [1.29, 1.82) is 0 Å². The number of thioether (sulfide) groups is 1. The van der Waals surface area contributed by atoms with E-state index in [9.17, 15) is 9.59 Å². The standard InChI is InChI=1S/C21H28N6O2S/c1-30-21-23-16(22)10-17(24-21)26-11-13-9-14(12-26)19(20(29)25-7-2-3-8-25)27-15(13)5-4-6-18(27)28/h2-3,10,13-15,19H,4-9,11-12H2,1H3,(H2,22,23,24)/t13-,14+,15+,19-/m1/s1. The van der Waals surface area contributed by atoms with E-state index in [1.54, 1.807) is 0 Å². The zero-order valence-corrected chi connectivity index (χ0v) is 18.1. The Hall–Kier alpha value is -2.29. The van der Waals surface area contributed by atoms with Crippen molar-refractivity contribution >= 4 is 35.2 Å². The molecule has 0 unspecified atom stereocenters. The summed E-state index contributed by atoms with van der Waals surface area (Å²) < 4.78 is 0. The van der Waals surface area contributed by atoms with Crippen LogP contribution in [-0.4, -0.2) is 76.1 Å². The quantitative estimate of drug-likeness (QED) is 0.441. The van der Waals surface area contributed by atoms with Crippen molar-refractivity contribution in [3.05, 3.63) is 18.2 Å². The van der Waals surface area contributed by atoms with Crippen molar-refractivity contribution in [2.45, 2.75) is 42.9 Å². The summed E-state index contributed by atoms with van der Waals surface area (Å²) in [5.74, 6) is 1.98. The van der Waals surface area contributed by atoms with Crippen LogP contribution in [-0.2, 0) is 9.59 Å². The number of amides is 2. The average molecular weight is 429 g/mol. The van der Waals surface area contributed by atoms with E-state index in [0.29, 0.717) is 42.9 Å². The van der Waals surface area contributed by atoms with Crippen molar-refractivity contribution in [1.82, 2.24) is 19.8 Å². The first-order chi connectivity index (χ1) is 14.5. The minimum Gasteiger partial charge on any atom is -0.383 e. The Labute approximate surface area is 180 Å². The summed E-state index contributed by atoms with van der Waals surface area (Å²) in [5.41, 5.74) is 6.03. The Balaban J connectivity index is 1.48. The second-order valence-corrected chi connectivity index (χ2v) is 9.49. The Morgan fingerprint density at radius 3 is 2.73 bits per heavy atom.